The Morgan fingerprint density at radius 3 is 2.68 bits per heavy atom. The number of hydrogen-bond donors (Lipinski definition) is 1. The Bertz CT molecular complexity index is 1750. The molecule has 272 valence electrons. The lowest BCUT2D eigenvalue weighted by Gasteiger charge is -2.50. The second-order valence-corrected chi connectivity index (χ2v) is 17.9. The number of hydrogen-bond acceptors (Lipinski definition) is 8. The van der Waals surface area contributed by atoms with Crippen LogP contribution in [0.4, 0.5) is 5.69 Å². The number of rotatable bonds is 6. The van der Waals surface area contributed by atoms with Gasteiger partial charge in [0, 0.05) is 55.6 Å². The van der Waals surface area contributed by atoms with E-state index in [4.69, 9.17) is 21.1 Å². The van der Waals surface area contributed by atoms with Crippen LogP contribution in [0.2, 0.25) is 5.02 Å². The van der Waals surface area contributed by atoms with Gasteiger partial charge < -0.3 is 19.3 Å². The van der Waals surface area contributed by atoms with E-state index in [1.165, 1.54) is 11.1 Å². The minimum Gasteiger partial charge on any atom is -0.490 e. The van der Waals surface area contributed by atoms with E-state index in [0.717, 1.165) is 42.8 Å². The van der Waals surface area contributed by atoms with E-state index < -0.39 is 26.8 Å². The van der Waals surface area contributed by atoms with Gasteiger partial charge in [-0.15, -0.1) is 0 Å². The molecule has 2 bridgehead atoms. The number of Topliss-reactive ketones (excluding diaryl/α,β-unsaturated/α-hetero) is 1. The number of carbonyl (C=O) groups excluding carboxylic acids is 2. The predicted octanol–water partition coefficient (Wildman–Crippen LogP) is 6.18. The van der Waals surface area contributed by atoms with E-state index in [2.05, 4.69) is 21.8 Å². The number of ether oxygens (including phenoxy) is 2. The second-order valence-electron chi connectivity index (χ2n) is 15.5. The van der Waals surface area contributed by atoms with Crippen molar-refractivity contribution < 1.29 is 27.5 Å². The van der Waals surface area contributed by atoms with Crippen LogP contribution in [0, 0.1) is 17.8 Å². The molecule has 2 aliphatic carbocycles. The highest BCUT2D eigenvalue weighted by atomic mass is 35.5. The highest BCUT2D eigenvalue weighted by Crippen LogP contribution is 2.50. The molecule has 1 saturated carbocycles. The van der Waals surface area contributed by atoms with Crippen LogP contribution in [0.1, 0.15) is 80.3 Å². The number of ketones is 1. The standard InChI is InChI=1S/C39H52ClN3O6S/c1-26-8-6-18-39(48-5,22-32(44)16-19-42(3)4)34-13-10-30(34)23-43-24-38(17-7-9-28-20-31(40)12-14-33(28)38)25-49-36-15-11-29(21-35(36)43)37(45)41-50(46,47)27(26)2/h6,11-12,14-15,18,20-21,26-27,30,34H,7-10,13,16-17,19,22-25H2,1-5H3,(H,41,45)/b18-6+/t26-,27+,30-,34+,38-,39+/m0/s1. The molecular weight excluding hydrogens is 674 g/mol. The van der Waals surface area contributed by atoms with Gasteiger partial charge in [-0.05, 0) is 119 Å². The Morgan fingerprint density at radius 2 is 1.96 bits per heavy atom. The number of nitrogens with zero attached hydrogens (tertiary/aromatic N) is 2. The van der Waals surface area contributed by atoms with Gasteiger partial charge in [0.05, 0.1) is 23.1 Å². The fourth-order valence-electron chi connectivity index (χ4n) is 8.58. The monoisotopic (exact) mass is 725 g/mol. The Hall–Kier alpha value is -2.92. The predicted molar refractivity (Wildman–Crippen MR) is 198 cm³/mol. The molecule has 6 atom stereocenters. The zero-order chi connectivity index (χ0) is 35.8. The Balaban J connectivity index is 1.44. The summed E-state index contributed by atoms with van der Waals surface area (Å²) in [6, 6.07) is 11.4. The minimum absolute atomic E-state index is 0.0731. The lowest BCUT2D eigenvalue weighted by molar-refractivity contribution is -0.131. The zero-order valence-corrected chi connectivity index (χ0v) is 31.6. The molecule has 11 heteroatoms. The molecule has 1 N–H and O–H groups in total. The molecule has 9 nitrogen and oxygen atoms in total. The fourth-order valence-corrected chi connectivity index (χ4v) is 10.1. The first-order valence-corrected chi connectivity index (χ1v) is 19.9. The molecule has 1 spiro atoms. The van der Waals surface area contributed by atoms with Gasteiger partial charge in [-0.25, -0.2) is 13.1 Å². The molecule has 0 unspecified atom stereocenters. The summed E-state index contributed by atoms with van der Waals surface area (Å²) < 4.78 is 42.4. The number of methoxy groups -OCH3 is 1. The van der Waals surface area contributed by atoms with Crippen LogP contribution in [-0.4, -0.2) is 83.3 Å². The summed E-state index contributed by atoms with van der Waals surface area (Å²) in [6.07, 6.45) is 9.96. The van der Waals surface area contributed by atoms with Crippen LogP contribution in [0.25, 0.3) is 0 Å². The summed E-state index contributed by atoms with van der Waals surface area (Å²) in [5.74, 6) is 0.149. The number of anilines is 1. The Labute approximate surface area is 302 Å². The average Bonchev–Trinajstić information content (AvgIpc) is 3.21. The molecule has 2 aliphatic heterocycles. The first kappa shape index (κ1) is 36.9. The highest BCUT2D eigenvalue weighted by Gasteiger charge is 2.50. The van der Waals surface area contributed by atoms with Gasteiger partial charge in [0.1, 0.15) is 11.5 Å². The summed E-state index contributed by atoms with van der Waals surface area (Å²) in [5, 5.41) is -0.112. The van der Waals surface area contributed by atoms with Crippen LogP contribution in [0.3, 0.4) is 0 Å². The Kier molecular flexibility index (Phi) is 10.8. The summed E-state index contributed by atoms with van der Waals surface area (Å²) in [6.45, 7) is 5.97. The van der Waals surface area contributed by atoms with Gasteiger partial charge in [0.15, 0.2) is 0 Å². The normalized spacial score (nSPS) is 31.4. The van der Waals surface area contributed by atoms with Gasteiger partial charge in [-0.2, -0.15) is 0 Å². The molecule has 4 aliphatic rings. The smallest absolute Gasteiger partial charge is 0.264 e. The van der Waals surface area contributed by atoms with E-state index in [-0.39, 0.29) is 40.9 Å². The number of amides is 1. The van der Waals surface area contributed by atoms with Crippen molar-refractivity contribution in [2.75, 3.05) is 52.3 Å². The third-order valence-electron chi connectivity index (χ3n) is 11.9. The first-order valence-electron chi connectivity index (χ1n) is 18.0. The van der Waals surface area contributed by atoms with Gasteiger partial charge in [-0.1, -0.05) is 36.7 Å². The van der Waals surface area contributed by atoms with Crippen molar-refractivity contribution >= 4 is 39.0 Å². The lowest BCUT2D eigenvalue weighted by atomic mass is 9.62. The quantitative estimate of drug-likeness (QED) is 0.353. The van der Waals surface area contributed by atoms with Gasteiger partial charge in [-0.3, -0.25) is 9.59 Å². The summed E-state index contributed by atoms with van der Waals surface area (Å²) >= 11 is 6.46. The third-order valence-corrected chi connectivity index (χ3v) is 14.1. The molecule has 6 rings (SSSR count). The van der Waals surface area contributed by atoms with Crippen LogP contribution >= 0.6 is 11.6 Å². The van der Waals surface area contributed by atoms with Crippen molar-refractivity contribution in [3.63, 3.8) is 0 Å². The SMILES string of the molecule is CO[C@@]1(CC(=O)CCN(C)C)/C=C/C[C@H](C)[C@@H](C)S(=O)(=O)NC(=O)c2ccc3c(c2)N(C[C@@H]2CC[C@H]21)C[C@@]1(CCCc2cc(Cl)ccc21)CO3. The van der Waals surface area contributed by atoms with Crippen LogP contribution < -0.4 is 14.4 Å². The third kappa shape index (κ3) is 7.36. The maximum Gasteiger partial charge on any atom is 0.264 e. The number of allylic oxidation sites excluding steroid dienone is 1. The van der Waals surface area contributed by atoms with E-state index >= 15 is 0 Å². The summed E-state index contributed by atoms with van der Waals surface area (Å²) in [7, 11) is 1.64. The lowest BCUT2D eigenvalue weighted by Crippen LogP contribution is -2.53. The van der Waals surface area contributed by atoms with Crippen LogP contribution in [0.15, 0.2) is 48.6 Å². The molecule has 2 aromatic rings. The highest BCUT2D eigenvalue weighted by molar-refractivity contribution is 7.90. The zero-order valence-electron chi connectivity index (χ0n) is 30.0. The number of nitrogens with one attached hydrogen (secondary N) is 1. The average molecular weight is 726 g/mol. The topological polar surface area (TPSA) is 105 Å². The maximum absolute atomic E-state index is 13.6. The molecule has 0 aromatic heterocycles. The number of benzene rings is 2. The number of sulfonamides is 1. The molecule has 2 aromatic carbocycles. The van der Waals surface area contributed by atoms with Crippen molar-refractivity contribution in [1.82, 2.24) is 9.62 Å². The van der Waals surface area contributed by atoms with E-state index in [1.807, 2.05) is 44.1 Å². The largest absolute Gasteiger partial charge is 0.490 e. The second kappa shape index (κ2) is 14.6. The molecular formula is C39H52ClN3O6S. The Morgan fingerprint density at radius 1 is 1.16 bits per heavy atom. The van der Waals surface area contributed by atoms with Gasteiger partial charge >= 0.3 is 0 Å². The maximum atomic E-state index is 13.6. The number of aryl methyl sites for hydroxylation is 1. The molecule has 0 saturated heterocycles. The molecule has 1 fully saturated rings. The number of fused-ring (bicyclic) bond motifs is 4. The summed E-state index contributed by atoms with van der Waals surface area (Å²) in [5.41, 5.74) is 2.39. The van der Waals surface area contributed by atoms with Crippen molar-refractivity contribution in [3.05, 3.63) is 70.3 Å². The van der Waals surface area contributed by atoms with Crippen LogP contribution in [0.5, 0.6) is 5.75 Å². The molecule has 1 amide bonds. The van der Waals surface area contributed by atoms with Gasteiger partial charge in [0.2, 0.25) is 10.0 Å². The fraction of sp³-hybridized carbons (Fsp3) is 0.590. The van der Waals surface area contributed by atoms with E-state index in [0.29, 0.717) is 44.8 Å². The van der Waals surface area contributed by atoms with E-state index in [9.17, 15) is 18.0 Å². The minimum atomic E-state index is -3.99. The van der Waals surface area contributed by atoms with Crippen molar-refractivity contribution in [3.8, 4) is 5.75 Å². The van der Waals surface area contributed by atoms with Crippen molar-refractivity contribution in [1.29, 1.82) is 0 Å². The van der Waals surface area contributed by atoms with Crippen molar-refractivity contribution in [2.24, 2.45) is 17.8 Å². The number of halogens is 1. The molecule has 50 heavy (non-hydrogen) atoms. The molecule has 0 radical (unpaired) electrons. The molecule has 2 heterocycles. The van der Waals surface area contributed by atoms with Crippen molar-refractivity contribution in [2.45, 2.75) is 81.5 Å². The summed E-state index contributed by atoms with van der Waals surface area (Å²) in [4.78, 5) is 31.5. The number of carbonyl (C=O) groups is 2. The van der Waals surface area contributed by atoms with Gasteiger partial charge in [0.25, 0.3) is 5.91 Å². The first-order chi connectivity index (χ1) is 23.8. The van der Waals surface area contributed by atoms with E-state index in [1.54, 1.807) is 32.2 Å². The van der Waals surface area contributed by atoms with Crippen LogP contribution in [-0.2, 0) is 31.4 Å².